The normalized spacial score (nSPS) is 40.4. The molecule has 0 saturated carbocycles. The summed E-state index contributed by atoms with van der Waals surface area (Å²) < 4.78 is 1.16. The summed E-state index contributed by atoms with van der Waals surface area (Å²) in [4.78, 5) is 0. The van der Waals surface area contributed by atoms with E-state index in [1.54, 1.807) is 0 Å². The van der Waals surface area contributed by atoms with Crippen LogP contribution in [0, 0.1) is 5.21 Å². The number of alkyl halides is 1. The van der Waals surface area contributed by atoms with Gasteiger partial charge in [0, 0.05) is 0 Å². The molecule has 0 aliphatic carbocycles. The van der Waals surface area contributed by atoms with E-state index in [4.69, 9.17) is 0 Å². The molecule has 0 amide bonds. The molecule has 50 valence electrons. The quantitative estimate of drug-likeness (QED) is 0.135. The molecular formula is C5H11INO-. The van der Waals surface area contributed by atoms with Gasteiger partial charge in [-0.3, -0.25) is 0 Å². The first-order valence-electron chi connectivity index (χ1n) is 2.89. The third-order valence-corrected chi connectivity index (χ3v) is 4.58. The van der Waals surface area contributed by atoms with Crippen LogP contribution in [0.15, 0.2) is 0 Å². The molecule has 0 radical (unpaired) electrons. The van der Waals surface area contributed by atoms with Gasteiger partial charge >= 0.3 is 60.4 Å². The second kappa shape index (κ2) is 2.11. The third-order valence-electron chi connectivity index (χ3n) is 1.60. The van der Waals surface area contributed by atoms with Crippen molar-refractivity contribution in [1.29, 1.82) is 0 Å². The molecule has 1 aliphatic rings. The van der Waals surface area contributed by atoms with E-state index in [2.05, 4.69) is 13.8 Å². The Hall–Kier alpha value is 0.650. The van der Waals surface area contributed by atoms with Gasteiger partial charge in [-0.2, -0.15) is 0 Å². The number of hydrogen-bond donors (Lipinski definition) is 0. The Labute approximate surface area is 60.7 Å². The molecule has 0 aromatic carbocycles. The molecule has 1 aliphatic heterocycles. The Balaban J connectivity index is 2.34. The third kappa shape index (κ3) is 1.14. The van der Waals surface area contributed by atoms with Crippen molar-refractivity contribution >= 4 is 0 Å². The number of quaternary nitrogens is 1. The molecule has 2 atom stereocenters. The van der Waals surface area contributed by atoms with Gasteiger partial charge in [-0.15, -0.1) is 0 Å². The van der Waals surface area contributed by atoms with Crippen molar-refractivity contribution in [2.75, 3.05) is 4.55 Å². The molecule has 0 bridgehead atoms. The molecule has 1 rings (SSSR count). The fraction of sp³-hybridized carbons (Fsp3) is 1.00. The molecule has 8 heavy (non-hydrogen) atoms. The monoisotopic (exact) mass is 228 g/mol. The standard InChI is InChI=1S/C5H11INO/c1-3-5(2)7(8)4-6-7/h5H,3-4H2,1-2H3/q-1. The Morgan fingerprint density at radius 1 is 1.88 bits per heavy atom. The van der Waals surface area contributed by atoms with Crippen molar-refractivity contribution < 1.29 is 24.3 Å². The van der Waals surface area contributed by atoms with Gasteiger partial charge in [-0.1, -0.05) is 0 Å². The Bertz CT molecular complexity index is 92.4. The fourth-order valence-electron chi connectivity index (χ4n) is 0.561. The molecule has 0 aromatic heterocycles. The predicted octanol–water partition coefficient (Wildman–Crippen LogP) is -1.93. The molecule has 1 saturated heterocycles. The molecule has 0 N–H and O–H groups in total. The van der Waals surface area contributed by atoms with Crippen LogP contribution in [0.3, 0.4) is 0 Å². The van der Waals surface area contributed by atoms with E-state index in [1.807, 2.05) is 0 Å². The summed E-state index contributed by atoms with van der Waals surface area (Å²) in [5.74, 6) is 0. The minimum atomic E-state index is 0.0258. The summed E-state index contributed by atoms with van der Waals surface area (Å²) in [5.41, 5.74) is 0. The first-order chi connectivity index (χ1) is 3.69. The molecular weight excluding hydrogens is 217 g/mol. The summed E-state index contributed by atoms with van der Waals surface area (Å²) in [6.07, 6.45) is 1.04. The number of nitrogens with zero attached hydrogens (tertiary/aromatic N) is 1. The van der Waals surface area contributed by atoms with E-state index >= 15 is 0 Å². The van der Waals surface area contributed by atoms with Crippen molar-refractivity contribution in [3.63, 3.8) is 0 Å². The summed E-state index contributed by atoms with van der Waals surface area (Å²) in [5, 5.41) is 11.1. The van der Waals surface area contributed by atoms with Crippen LogP contribution >= 0.6 is 0 Å². The van der Waals surface area contributed by atoms with E-state index in [1.165, 1.54) is 0 Å². The van der Waals surface area contributed by atoms with Crippen molar-refractivity contribution in [1.82, 2.24) is 0 Å². The molecule has 3 heteroatoms. The minimum absolute atomic E-state index is 0.0258. The van der Waals surface area contributed by atoms with Crippen LogP contribution in [0.2, 0.25) is 0 Å². The number of rotatable bonds is 2. The molecule has 2 nitrogen and oxygen atoms in total. The van der Waals surface area contributed by atoms with Gasteiger partial charge in [-0.25, -0.2) is 0 Å². The van der Waals surface area contributed by atoms with Gasteiger partial charge in [0.25, 0.3) is 0 Å². The van der Waals surface area contributed by atoms with Crippen molar-refractivity contribution in [3.8, 4) is 0 Å². The second-order valence-corrected chi connectivity index (χ2v) is 5.20. The summed E-state index contributed by atoms with van der Waals surface area (Å²) in [6.45, 7) is 4.14. The van der Waals surface area contributed by atoms with E-state index in [9.17, 15) is 5.21 Å². The first kappa shape index (κ1) is 6.77. The average Bonchev–Trinajstić information content (AvgIpc) is 2.47. The first-order valence-corrected chi connectivity index (χ1v) is 5.38. The molecule has 1 fully saturated rings. The van der Waals surface area contributed by atoms with Crippen LogP contribution in [-0.2, 0) is 0 Å². The van der Waals surface area contributed by atoms with Gasteiger partial charge in [0.15, 0.2) is 0 Å². The van der Waals surface area contributed by atoms with E-state index in [0.29, 0.717) is 6.04 Å². The van der Waals surface area contributed by atoms with Crippen LogP contribution < -0.4 is 21.5 Å². The Morgan fingerprint density at radius 3 is 2.50 bits per heavy atom. The van der Waals surface area contributed by atoms with Crippen LogP contribution in [0.5, 0.6) is 0 Å². The molecule has 0 aromatic rings. The van der Waals surface area contributed by atoms with E-state index < -0.39 is 0 Å². The number of hydrogen-bond acceptors (Lipinski definition) is 1. The maximum atomic E-state index is 11.1. The molecule has 1 heterocycles. The van der Waals surface area contributed by atoms with Gasteiger partial charge in [-0.05, 0) is 0 Å². The van der Waals surface area contributed by atoms with Gasteiger partial charge in [0.1, 0.15) is 0 Å². The van der Waals surface area contributed by atoms with Crippen LogP contribution in [0.1, 0.15) is 20.3 Å². The topological polar surface area (TPSA) is 23.1 Å². The summed E-state index contributed by atoms with van der Waals surface area (Å²) in [6, 6.07) is 0.391. The Morgan fingerprint density at radius 2 is 2.38 bits per heavy atom. The van der Waals surface area contributed by atoms with Crippen molar-refractivity contribution in [2.45, 2.75) is 26.3 Å². The van der Waals surface area contributed by atoms with Gasteiger partial charge < -0.3 is 0 Å². The molecule has 2 unspecified atom stereocenters. The maximum absolute atomic E-state index is 11.1. The zero-order valence-corrected chi connectivity index (χ0v) is 7.38. The van der Waals surface area contributed by atoms with Gasteiger partial charge in [0.05, 0.1) is 0 Å². The zero-order valence-electron chi connectivity index (χ0n) is 5.22. The summed E-state index contributed by atoms with van der Waals surface area (Å²) >= 11 is 0.0258. The van der Waals surface area contributed by atoms with Crippen molar-refractivity contribution in [2.24, 2.45) is 0 Å². The van der Waals surface area contributed by atoms with Crippen LogP contribution in [0.25, 0.3) is 0 Å². The van der Waals surface area contributed by atoms with E-state index in [-0.39, 0.29) is 24.3 Å². The SMILES string of the molecule is CCC(C)[N+]1([O-])C[I-]1. The number of halogens is 1. The van der Waals surface area contributed by atoms with Gasteiger partial charge in [0.2, 0.25) is 0 Å². The average molecular weight is 228 g/mol. The zero-order chi connectivity index (χ0) is 6.20. The number of hydroxylamine groups is 2. The summed E-state index contributed by atoms with van der Waals surface area (Å²) in [7, 11) is 0. The van der Waals surface area contributed by atoms with Crippen LogP contribution in [-0.4, -0.2) is 13.5 Å². The molecule has 0 spiro atoms. The fourth-order valence-corrected chi connectivity index (χ4v) is 2.60. The van der Waals surface area contributed by atoms with Crippen molar-refractivity contribution in [3.05, 3.63) is 5.21 Å². The predicted molar refractivity (Wildman–Crippen MR) is 28.2 cm³/mol. The van der Waals surface area contributed by atoms with E-state index in [0.717, 1.165) is 11.0 Å². The second-order valence-electron chi connectivity index (χ2n) is 2.20. The Kier molecular flexibility index (Phi) is 1.79. The van der Waals surface area contributed by atoms with Crippen LogP contribution in [0.4, 0.5) is 0 Å².